The fourth-order valence-electron chi connectivity index (χ4n) is 1.93. The SMILES string of the molecule is CNCC(C)C(=O)Nc1ccccc1Sc1ccccc1. The lowest BCUT2D eigenvalue weighted by molar-refractivity contribution is -0.119. The van der Waals surface area contributed by atoms with Crippen LogP contribution in [0.4, 0.5) is 5.69 Å². The predicted molar refractivity (Wildman–Crippen MR) is 88.7 cm³/mol. The van der Waals surface area contributed by atoms with Crippen LogP contribution in [-0.4, -0.2) is 19.5 Å². The lowest BCUT2D eigenvalue weighted by atomic mass is 10.1. The number of hydrogen-bond donors (Lipinski definition) is 2. The van der Waals surface area contributed by atoms with Gasteiger partial charge in [-0.05, 0) is 31.3 Å². The summed E-state index contributed by atoms with van der Waals surface area (Å²) in [6.45, 7) is 2.58. The van der Waals surface area contributed by atoms with Crippen LogP contribution >= 0.6 is 11.8 Å². The van der Waals surface area contributed by atoms with Gasteiger partial charge >= 0.3 is 0 Å². The van der Waals surface area contributed by atoms with Gasteiger partial charge < -0.3 is 10.6 Å². The second kappa shape index (κ2) is 7.86. The monoisotopic (exact) mass is 300 g/mol. The van der Waals surface area contributed by atoms with Crippen LogP contribution in [0.2, 0.25) is 0 Å². The van der Waals surface area contributed by atoms with E-state index in [2.05, 4.69) is 22.8 Å². The van der Waals surface area contributed by atoms with E-state index < -0.39 is 0 Å². The molecule has 0 saturated carbocycles. The first-order valence-electron chi connectivity index (χ1n) is 6.98. The molecule has 2 N–H and O–H groups in total. The third kappa shape index (κ3) is 4.62. The van der Waals surface area contributed by atoms with Crippen molar-refractivity contribution in [3.63, 3.8) is 0 Å². The van der Waals surface area contributed by atoms with E-state index in [1.165, 1.54) is 0 Å². The molecule has 0 spiro atoms. The van der Waals surface area contributed by atoms with Crippen LogP contribution in [0.15, 0.2) is 64.4 Å². The van der Waals surface area contributed by atoms with E-state index >= 15 is 0 Å². The van der Waals surface area contributed by atoms with Crippen LogP contribution in [0.25, 0.3) is 0 Å². The molecule has 1 unspecified atom stereocenters. The van der Waals surface area contributed by atoms with Gasteiger partial charge in [0.1, 0.15) is 0 Å². The number of carbonyl (C=O) groups excluding carboxylic acids is 1. The van der Waals surface area contributed by atoms with Gasteiger partial charge in [0, 0.05) is 22.3 Å². The third-order valence-corrected chi connectivity index (χ3v) is 4.16. The second-order valence-electron chi connectivity index (χ2n) is 4.86. The highest BCUT2D eigenvalue weighted by Crippen LogP contribution is 2.33. The van der Waals surface area contributed by atoms with Crippen LogP contribution in [0.3, 0.4) is 0 Å². The molecule has 0 aliphatic heterocycles. The summed E-state index contributed by atoms with van der Waals surface area (Å²) >= 11 is 1.65. The molecular formula is C17H20N2OS. The number of benzene rings is 2. The Balaban J connectivity index is 2.12. The van der Waals surface area contributed by atoms with Gasteiger partial charge in [0.2, 0.25) is 5.91 Å². The molecule has 21 heavy (non-hydrogen) atoms. The molecule has 2 aromatic carbocycles. The van der Waals surface area contributed by atoms with Crippen molar-refractivity contribution in [3.05, 3.63) is 54.6 Å². The van der Waals surface area contributed by atoms with Crippen LogP contribution in [-0.2, 0) is 4.79 Å². The first kappa shape index (κ1) is 15.6. The molecule has 4 heteroatoms. The van der Waals surface area contributed by atoms with Crippen molar-refractivity contribution in [3.8, 4) is 0 Å². The molecule has 0 aromatic heterocycles. The number of rotatable bonds is 6. The van der Waals surface area contributed by atoms with Gasteiger partial charge in [-0.1, -0.05) is 49.0 Å². The van der Waals surface area contributed by atoms with Crippen molar-refractivity contribution >= 4 is 23.4 Å². The topological polar surface area (TPSA) is 41.1 Å². The number of para-hydroxylation sites is 1. The van der Waals surface area contributed by atoms with E-state index in [1.54, 1.807) is 11.8 Å². The summed E-state index contributed by atoms with van der Waals surface area (Å²) in [6.07, 6.45) is 0. The summed E-state index contributed by atoms with van der Waals surface area (Å²) in [5.74, 6) is -0.0322. The van der Waals surface area contributed by atoms with E-state index in [1.807, 2.05) is 56.4 Å². The maximum Gasteiger partial charge on any atom is 0.228 e. The highest BCUT2D eigenvalue weighted by atomic mass is 32.2. The highest BCUT2D eigenvalue weighted by molar-refractivity contribution is 7.99. The van der Waals surface area contributed by atoms with Crippen LogP contribution in [0.1, 0.15) is 6.92 Å². The zero-order chi connectivity index (χ0) is 15.1. The average Bonchev–Trinajstić information content (AvgIpc) is 2.50. The Hall–Kier alpha value is -1.78. The van der Waals surface area contributed by atoms with Gasteiger partial charge in [-0.2, -0.15) is 0 Å². The standard InChI is InChI=1S/C17H20N2OS/c1-13(12-18-2)17(20)19-15-10-6-7-11-16(15)21-14-8-4-3-5-9-14/h3-11,13,18H,12H2,1-2H3,(H,19,20). The molecule has 1 amide bonds. The average molecular weight is 300 g/mol. The number of hydrogen-bond acceptors (Lipinski definition) is 3. The maximum absolute atomic E-state index is 12.1. The van der Waals surface area contributed by atoms with E-state index in [0.29, 0.717) is 6.54 Å². The first-order valence-corrected chi connectivity index (χ1v) is 7.79. The first-order chi connectivity index (χ1) is 10.2. The fraction of sp³-hybridized carbons (Fsp3) is 0.235. The molecule has 0 aliphatic carbocycles. The molecule has 0 radical (unpaired) electrons. The zero-order valence-electron chi connectivity index (χ0n) is 12.3. The van der Waals surface area contributed by atoms with Crippen LogP contribution in [0.5, 0.6) is 0 Å². The minimum atomic E-state index is -0.0650. The highest BCUT2D eigenvalue weighted by Gasteiger charge is 2.13. The lowest BCUT2D eigenvalue weighted by Gasteiger charge is -2.14. The van der Waals surface area contributed by atoms with E-state index in [9.17, 15) is 4.79 Å². The lowest BCUT2D eigenvalue weighted by Crippen LogP contribution is -2.28. The summed E-state index contributed by atoms with van der Waals surface area (Å²) in [5.41, 5.74) is 0.860. The Kier molecular flexibility index (Phi) is 5.84. The summed E-state index contributed by atoms with van der Waals surface area (Å²) < 4.78 is 0. The molecule has 2 rings (SSSR count). The Morgan fingerprint density at radius 2 is 1.76 bits per heavy atom. The van der Waals surface area contributed by atoms with Crippen molar-refractivity contribution in [2.75, 3.05) is 18.9 Å². The number of amides is 1. The summed E-state index contributed by atoms with van der Waals surface area (Å²) in [4.78, 5) is 14.4. The maximum atomic E-state index is 12.1. The Morgan fingerprint density at radius 1 is 1.10 bits per heavy atom. The Bertz CT molecular complexity index is 586. The smallest absolute Gasteiger partial charge is 0.228 e. The van der Waals surface area contributed by atoms with Gasteiger partial charge in [-0.25, -0.2) is 0 Å². The quantitative estimate of drug-likeness (QED) is 0.856. The molecule has 0 fully saturated rings. The molecular weight excluding hydrogens is 280 g/mol. The minimum absolute atomic E-state index is 0.0328. The van der Waals surface area contributed by atoms with Gasteiger partial charge in [-0.3, -0.25) is 4.79 Å². The van der Waals surface area contributed by atoms with E-state index in [0.717, 1.165) is 15.5 Å². The van der Waals surface area contributed by atoms with E-state index in [4.69, 9.17) is 0 Å². The molecule has 0 aliphatic rings. The summed E-state index contributed by atoms with van der Waals surface area (Å²) in [7, 11) is 1.85. The van der Waals surface area contributed by atoms with Crippen molar-refractivity contribution in [2.24, 2.45) is 5.92 Å². The zero-order valence-corrected chi connectivity index (χ0v) is 13.1. The van der Waals surface area contributed by atoms with Crippen molar-refractivity contribution < 1.29 is 4.79 Å². The molecule has 0 heterocycles. The van der Waals surface area contributed by atoms with Crippen LogP contribution in [0, 0.1) is 5.92 Å². The molecule has 2 aromatic rings. The normalized spacial score (nSPS) is 11.9. The summed E-state index contributed by atoms with van der Waals surface area (Å²) in [6, 6.07) is 18.0. The number of anilines is 1. The fourth-order valence-corrected chi connectivity index (χ4v) is 2.85. The largest absolute Gasteiger partial charge is 0.325 e. The molecule has 0 bridgehead atoms. The molecule has 110 valence electrons. The minimum Gasteiger partial charge on any atom is -0.325 e. The van der Waals surface area contributed by atoms with Crippen molar-refractivity contribution in [2.45, 2.75) is 16.7 Å². The predicted octanol–water partition coefficient (Wildman–Crippen LogP) is 3.63. The third-order valence-electron chi connectivity index (χ3n) is 3.07. The Morgan fingerprint density at radius 3 is 2.48 bits per heavy atom. The Labute approximate surface area is 130 Å². The summed E-state index contributed by atoms with van der Waals surface area (Å²) in [5, 5.41) is 6.04. The van der Waals surface area contributed by atoms with Gasteiger partial charge in [0.25, 0.3) is 0 Å². The van der Waals surface area contributed by atoms with Gasteiger partial charge in [0.05, 0.1) is 5.69 Å². The molecule has 1 atom stereocenters. The van der Waals surface area contributed by atoms with Crippen molar-refractivity contribution in [1.29, 1.82) is 0 Å². The van der Waals surface area contributed by atoms with Crippen LogP contribution < -0.4 is 10.6 Å². The number of nitrogens with one attached hydrogen (secondary N) is 2. The van der Waals surface area contributed by atoms with Gasteiger partial charge in [0.15, 0.2) is 0 Å². The number of carbonyl (C=O) groups is 1. The molecule has 0 saturated heterocycles. The van der Waals surface area contributed by atoms with Gasteiger partial charge in [-0.15, -0.1) is 0 Å². The van der Waals surface area contributed by atoms with Crippen molar-refractivity contribution in [1.82, 2.24) is 5.32 Å². The second-order valence-corrected chi connectivity index (χ2v) is 5.97. The van der Waals surface area contributed by atoms with E-state index in [-0.39, 0.29) is 11.8 Å². The molecule has 3 nitrogen and oxygen atoms in total.